The smallest absolute Gasteiger partial charge is 0.294 e. The summed E-state index contributed by atoms with van der Waals surface area (Å²) in [5.74, 6) is 0. The fourth-order valence-electron chi connectivity index (χ4n) is 0.678. The van der Waals surface area contributed by atoms with E-state index in [0.29, 0.717) is 12.8 Å². The Morgan fingerprint density at radius 2 is 2.36 bits per heavy atom. The van der Waals surface area contributed by atoms with Crippen molar-refractivity contribution >= 4 is 11.6 Å². The van der Waals surface area contributed by atoms with E-state index in [0.717, 1.165) is 0 Å². The van der Waals surface area contributed by atoms with Crippen LogP contribution in [0.1, 0.15) is 19.8 Å². The minimum absolute atomic E-state index is 0.359. The van der Waals surface area contributed by atoms with E-state index < -0.39 is 11.2 Å². The lowest BCUT2D eigenvalue weighted by Gasteiger charge is -2.15. The minimum atomic E-state index is -0.820. The largest absolute Gasteiger partial charge is 0.309 e. The highest BCUT2D eigenvalue weighted by atomic mass is 35.5. The van der Waals surface area contributed by atoms with Crippen molar-refractivity contribution in [2.24, 2.45) is 0 Å². The second-order valence-corrected chi connectivity index (χ2v) is 2.88. The third-order valence-electron chi connectivity index (χ3n) is 1.22. The van der Waals surface area contributed by atoms with Crippen molar-refractivity contribution in [1.29, 1.82) is 0 Å². The summed E-state index contributed by atoms with van der Waals surface area (Å²) in [7, 11) is 0. The van der Waals surface area contributed by atoms with Crippen molar-refractivity contribution in [2.45, 2.75) is 31.2 Å². The van der Waals surface area contributed by atoms with Crippen LogP contribution < -0.4 is 0 Å². The zero-order valence-corrected chi connectivity index (χ0v) is 7.08. The van der Waals surface area contributed by atoms with Crippen LogP contribution in [0, 0.1) is 17.0 Å². The zero-order valence-electron chi connectivity index (χ0n) is 6.33. The first-order chi connectivity index (χ1) is 5.07. The maximum Gasteiger partial charge on any atom is 0.294 e. The lowest BCUT2D eigenvalue weighted by molar-refractivity contribution is -0.768. The molecule has 0 saturated carbocycles. The maximum absolute atomic E-state index is 9.89. The molecule has 0 aliphatic rings. The summed E-state index contributed by atoms with van der Waals surface area (Å²) in [5.41, 5.74) is 0. The molecule has 1 radical (unpaired) electrons. The molecule has 2 atom stereocenters. The van der Waals surface area contributed by atoms with E-state index in [-0.39, 0.29) is 5.38 Å². The summed E-state index contributed by atoms with van der Waals surface area (Å²) >= 11 is 5.61. The van der Waals surface area contributed by atoms with Crippen molar-refractivity contribution in [3.8, 4) is 0 Å². The predicted octanol–water partition coefficient (Wildman–Crippen LogP) is 1.80. The fourth-order valence-corrected chi connectivity index (χ4v) is 0.850. The van der Waals surface area contributed by atoms with E-state index in [2.05, 4.69) is 11.8 Å². The molecule has 11 heavy (non-hydrogen) atoms. The summed E-state index contributed by atoms with van der Waals surface area (Å²) in [6.07, 6.45) is 0.547. The number of alkyl halides is 1. The third kappa shape index (κ3) is 4.84. The molecule has 0 heterocycles. The Kier molecular flexibility index (Phi) is 4.94. The average molecular weight is 181 g/mol. The monoisotopic (exact) mass is 180 g/mol. The Morgan fingerprint density at radius 1 is 1.82 bits per heavy atom. The van der Waals surface area contributed by atoms with Crippen LogP contribution in [0.4, 0.5) is 0 Å². The molecule has 0 aliphatic carbocycles. The van der Waals surface area contributed by atoms with Gasteiger partial charge in [-0.05, 0) is 13.3 Å². The van der Waals surface area contributed by atoms with E-state index in [1.165, 1.54) is 0 Å². The number of hydrogen-bond acceptors (Lipinski definition) is 3. The molecular weight excluding hydrogens is 170 g/mol. The second kappa shape index (κ2) is 5.18. The molecule has 0 aromatic carbocycles. The summed E-state index contributed by atoms with van der Waals surface area (Å²) in [5, 5.41) is 8.71. The quantitative estimate of drug-likeness (QED) is 0.368. The van der Waals surface area contributed by atoms with Crippen LogP contribution >= 0.6 is 11.6 Å². The number of nitrogens with zero attached hydrogens (tertiary/aromatic N) is 1. The van der Waals surface area contributed by atoms with Crippen molar-refractivity contribution < 1.29 is 9.92 Å². The molecule has 0 amide bonds. The lowest BCUT2D eigenvalue weighted by Crippen LogP contribution is -2.24. The summed E-state index contributed by atoms with van der Waals surface area (Å²) in [4.78, 5) is 14.2. The molecule has 0 bridgehead atoms. The Balaban J connectivity index is 3.79. The highest BCUT2D eigenvalue weighted by Gasteiger charge is 2.17. The van der Waals surface area contributed by atoms with E-state index >= 15 is 0 Å². The Morgan fingerprint density at radius 3 is 2.64 bits per heavy atom. The highest BCUT2D eigenvalue weighted by Crippen LogP contribution is 2.11. The Labute approximate surface area is 70.6 Å². The fraction of sp³-hybridized carbons (Fsp3) is 0.833. The summed E-state index contributed by atoms with van der Waals surface area (Å²) < 4.78 is 0. The van der Waals surface area contributed by atoms with Gasteiger partial charge in [-0.2, -0.15) is 0 Å². The van der Waals surface area contributed by atoms with Gasteiger partial charge in [0.05, 0.1) is 5.38 Å². The molecule has 5 heteroatoms. The summed E-state index contributed by atoms with van der Waals surface area (Å²) in [6, 6.07) is 0. The van der Waals surface area contributed by atoms with Crippen LogP contribution in [-0.4, -0.2) is 16.6 Å². The Hall–Kier alpha value is -0.510. The van der Waals surface area contributed by atoms with Crippen LogP contribution in [0.25, 0.3) is 0 Å². The van der Waals surface area contributed by atoms with Gasteiger partial charge >= 0.3 is 0 Å². The van der Waals surface area contributed by atoms with Crippen LogP contribution in [0.2, 0.25) is 0 Å². The van der Waals surface area contributed by atoms with Gasteiger partial charge in [0.1, 0.15) is 6.10 Å². The first-order valence-electron chi connectivity index (χ1n) is 3.32. The van der Waals surface area contributed by atoms with E-state index in [9.17, 15) is 10.1 Å². The highest BCUT2D eigenvalue weighted by molar-refractivity contribution is 6.20. The molecule has 0 fully saturated rings. The van der Waals surface area contributed by atoms with Crippen LogP contribution in [0.3, 0.4) is 0 Å². The maximum atomic E-state index is 9.89. The molecule has 4 nitrogen and oxygen atoms in total. The van der Waals surface area contributed by atoms with Gasteiger partial charge in [-0.1, -0.05) is 13.3 Å². The van der Waals surface area contributed by atoms with E-state index in [1.54, 1.807) is 6.92 Å². The molecule has 0 N–H and O–H groups in total. The van der Waals surface area contributed by atoms with Gasteiger partial charge < -0.3 is 4.84 Å². The normalized spacial score (nSPS) is 15.5. The molecular formula is C6H11ClNO3. The molecule has 0 aliphatic heterocycles. The van der Waals surface area contributed by atoms with Crippen molar-refractivity contribution in [1.82, 2.24) is 0 Å². The van der Waals surface area contributed by atoms with Crippen molar-refractivity contribution in [3.63, 3.8) is 0 Å². The minimum Gasteiger partial charge on any atom is -0.309 e. The van der Waals surface area contributed by atoms with Gasteiger partial charge in [0, 0.05) is 0 Å². The average Bonchev–Trinajstić information content (AvgIpc) is 1.86. The number of halogens is 1. The summed E-state index contributed by atoms with van der Waals surface area (Å²) in [6.45, 7) is 5.21. The topological polar surface area (TPSA) is 52.4 Å². The van der Waals surface area contributed by atoms with Gasteiger partial charge in [-0.25, -0.2) is 0 Å². The zero-order chi connectivity index (χ0) is 8.85. The van der Waals surface area contributed by atoms with E-state index in [4.69, 9.17) is 11.6 Å². The van der Waals surface area contributed by atoms with Gasteiger partial charge in [0.15, 0.2) is 0 Å². The van der Waals surface area contributed by atoms with Gasteiger partial charge in [-0.15, -0.1) is 21.7 Å². The van der Waals surface area contributed by atoms with Gasteiger partial charge in [0.2, 0.25) is 0 Å². The predicted molar refractivity (Wildman–Crippen MR) is 41.8 cm³/mol. The molecule has 2 unspecified atom stereocenters. The van der Waals surface area contributed by atoms with E-state index in [1.807, 2.05) is 0 Å². The number of hydrogen-bond donors (Lipinski definition) is 0. The number of rotatable bonds is 5. The van der Waals surface area contributed by atoms with Gasteiger partial charge in [-0.3, -0.25) is 0 Å². The first kappa shape index (κ1) is 10.5. The van der Waals surface area contributed by atoms with Crippen molar-refractivity contribution in [3.05, 3.63) is 17.0 Å². The Bertz CT molecular complexity index is 129. The van der Waals surface area contributed by atoms with Gasteiger partial charge in [0.25, 0.3) is 5.09 Å². The molecule has 0 saturated heterocycles. The SMILES string of the molecule is [CH2]CCC(O[N+](=O)[O-])C(C)Cl. The molecule has 65 valence electrons. The second-order valence-electron chi connectivity index (χ2n) is 2.19. The first-order valence-corrected chi connectivity index (χ1v) is 3.76. The molecule has 0 aromatic rings. The van der Waals surface area contributed by atoms with Crippen molar-refractivity contribution in [2.75, 3.05) is 0 Å². The molecule has 0 aromatic heterocycles. The third-order valence-corrected chi connectivity index (χ3v) is 1.50. The van der Waals surface area contributed by atoms with Crippen LogP contribution in [0.5, 0.6) is 0 Å². The lowest BCUT2D eigenvalue weighted by atomic mass is 10.2. The van der Waals surface area contributed by atoms with Crippen LogP contribution in [-0.2, 0) is 4.84 Å². The molecule has 0 spiro atoms. The van der Waals surface area contributed by atoms with Crippen LogP contribution in [0.15, 0.2) is 0 Å². The standard InChI is InChI=1S/C6H11ClNO3/c1-3-4-6(5(2)7)11-8(9)10/h5-6H,1,3-4H2,2H3. The molecule has 0 rings (SSSR count).